The van der Waals surface area contributed by atoms with Crippen LogP contribution in [-0.4, -0.2) is 35.4 Å². The van der Waals surface area contributed by atoms with E-state index in [1.54, 1.807) is 0 Å². The molecule has 1 N–H and O–H groups in total. The van der Waals surface area contributed by atoms with Gasteiger partial charge in [0.1, 0.15) is 0 Å². The van der Waals surface area contributed by atoms with Gasteiger partial charge in [-0.05, 0) is 12.8 Å². The molecule has 0 aromatic carbocycles. The van der Waals surface area contributed by atoms with Crippen LogP contribution >= 0.6 is 0 Å². The van der Waals surface area contributed by atoms with E-state index in [1.165, 1.54) is 89.9 Å². The van der Waals surface area contributed by atoms with E-state index in [9.17, 15) is 0 Å². The third-order valence-electron chi connectivity index (χ3n) is 4.49. The molecule has 0 amide bonds. The number of aliphatic carboxylic acids is 1. The van der Waals surface area contributed by atoms with Crippen LogP contribution in [0.3, 0.4) is 0 Å². The van der Waals surface area contributed by atoms with Crippen LogP contribution in [-0.2, 0) is 4.79 Å². The second kappa shape index (κ2) is 20.0. The number of carbonyl (C=O) groups is 1. The molecular weight excluding hydrogens is 324 g/mol. The molecule has 4 heteroatoms. The SMILES string of the molecule is CC(=O)O.CCCCCCCCCCCCCCCC=CN1C=NCC1. The predicted octanol–water partition coefficient (Wildman–Crippen LogP) is 6.42. The Kier molecular flexibility index (Phi) is 19.0. The Labute approximate surface area is 161 Å². The summed E-state index contributed by atoms with van der Waals surface area (Å²) in [6.07, 6.45) is 26.3. The highest BCUT2D eigenvalue weighted by Crippen LogP contribution is 2.13. The van der Waals surface area contributed by atoms with E-state index in [1.807, 2.05) is 6.34 Å². The van der Waals surface area contributed by atoms with Gasteiger partial charge >= 0.3 is 0 Å². The summed E-state index contributed by atoms with van der Waals surface area (Å²) in [5.74, 6) is -0.833. The van der Waals surface area contributed by atoms with Crippen molar-refractivity contribution in [3.05, 3.63) is 12.3 Å². The summed E-state index contributed by atoms with van der Waals surface area (Å²) < 4.78 is 0. The zero-order chi connectivity index (χ0) is 19.3. The van der Waals surface area contributed by atoms with Crippen molar-refractivity contribution >= 4 is 12.3 Å². The van der Waals surface area contributed by atoms with Gasteiger partial charge in [-0.2, -0.15) is 0 Å². The minimum absolute atomic E-state index is 0.833. The highest BCUT2D eigenvalue weighted by molar-refractivity contribution is 5.63. The van der Waals surface area contributed by atoms with E-state index in [2.05, 4.69) is 29.1 Å². The van der Waals surface area contributed by atoms with Crippen molar-refractivity contribution in [3.63, 3.8) is 0 Å². The van der Waals surface area contributed by atoms with Crippen molar-refractivity contribution < 1.29 is 9.90 Å². The van der Waals surface area contributed by atoms with Gasteiger partial charge < -0.3 is 10.0 Å². The third kappa shape index (κ3) is 20.7. The average molecular weight is 367 g/mol. The second-order valence-corrected chi connectivity index (χ2v) is 7.19. The lowest BCUT2D eigenvalue weighted by Gasteiger charge is -2.05. The van der Waals surface area contributed by atoms with Crippen LogP contribution in [0.4, 0.5) is 0 Å². The molecule has 0 aromatic rings. The summed E-state index contributed by atoms with van der Waals surface area (Å²) in [7, 11) is 0. The molecule has 0 aliphatic carbocycles. The molecule has 0 fully saturated rings. The van der Waals surface area contributed by atoms with Gasteiger partial charge in [-0.15, -0.1) is 0 Å². The Morgan fingerprint density at radius 3 is 1.85 bits per heavy atom. The first-order chi connectivity index (χ1) is 12.7. The lowest BCUT2D eigenvalue weighted by atomic mass is 10.0. The maximum absolute atomic E-state index is 9.00. The van der Waals surface area contributed by atoms with Gasteiger partial charge in [0.25, 0.3) is 5.97 Å². The molecule has 0 saturated carbocycles. The van der Waals surface area contributed by atoms with Gasteiger partial charge in [0.2, 0.25) is 0 Å². The van der Waals surface area contributed by atoms with Crippen LogP contribution in [0.2, 0.25) is 0 Å². The fourth-order valence-electron chi connectivity index (χ4n) is 3.00. The van der Waals surface area contributed by atoms with Gasteiger partial charge in [-0.1, -0.05) is 90.0 Å². The average Bonchev–Trinajstić information content (AvgIpc) is 3.11. The van der Waals surface area contributed by atoms with E-state index in [4.69, 9.17) is 9.90 Å². The normalized spacial score (nSPS) is 13.2. The molecule has 1 rings (SSSR count). The van der Waals surface area contributed by atoms with Crippen LogP contribution in [0.5, 0.6) is 0 Å². The minimum Gasteiger partial charge on any atom is -0.481 e. The van der Waals surface area contributed by atoms with Crippen molar-refractivity contribution in [2.45, 2.75) is 104 Å². The van der Waals surface area contributed by atoms with Crippen molar-refractivity contribution in [3.8, 4) is 0 Å². The molecule has 0 bridgehead atoms. The molecule has 0 spiro atoms. The number of carboxylic acids is 1. The highest BCUT2D eigenvalue weighted by Gasteiger charge is 1.99. The smallest absolute Gasteiger partial charge is 0.300 e. The molecule has 4 nitrogen and oxygen atoms in total. The Morgan fingerprint density at radius 2 is 1.42 bits per heavy atom. The number of nitrogens with zero attached hydrogens (tertiary/aromatic N) is 2. The van der Waals surface area contributed by atoms with Crippen molar-refractivity contribution in [1.82, 2.24) is 4.90 Å². The maximum atomic E-state index is 9.00. The summed E-state index contributed by atoms with van der Waals surface area (Å²) in [5.41, 5.74) is 0. The Bertz CT molecular complexity index is 363. The summed E-state index contributed by atoms with van der Waals surface area (Å²) in [6.45, 7) is 5.40. The molecule has 0 aromatic heterocycles. The zero-order valence-electron chi connectivity index (χ0n) is 17.3. The number of hydrogen-bond donors (Lipinski definition) is 1. The van der Waals surface area contributed by atoms with E-state index < -0.39 is 5.97 Å². The Hall–Kier alpha value is -1.32. The molecule has 0 radical (unpaired) electrons. The lowest BCUT2D eigenvalue weighted by molar-refractivity contribution is -0.134. The predicted molar refractivity (Wildman–Crippen MR) is 113 cm³/mol. The summed E-state index contributed by atoms with van der Waals surface area (Å²) in [5, 5.41) is 7.42. The summed E-state index contributed by atoms with van der Waals surface area (Å²) in [6, 6.07) is 0. The number of hydrogen-bond acceptors (Lipinski definition) is 3. The molecule has 0 saturated heterocycles. The fourth-order valence-corrected chi connectivity index (χ4v) is 3.00. The lowest BCUT2D eigenvalue weighted by Crippen LogP contribution is -2.10. The Morgan fingerprint density at radius 1 is 0.962 bits per heavy atom. The number of unbranched alkanes of at least 4 members (excludes halogenated alkanes) is 13. The largest absolute Gasteiger partial charge is 0.481 e. The summed E-state index contributed by atoms with van der Waals surface area (Å²) >= 11 is 0. The van der Waals surface area contributed by atoms with Gasteiger partial charge in [-0.25, -0.2) is 0 Å². The fraction of sp³-hybridized carbons (Fsp3) is 0.818. The first-order valence-electron chi connectivity index (χ1n) is 10.8. The topological polar surface area (TPSA) is 52.9 Å². The van der Waals surface area contributed by atoms with Crippen LogP contribution in [0.25, 0.3) is 0 Å². The summed E-state index contributed by atoms with van der Waals surface area (Å²) in [4.78, 5) is 15.4. The standard InChI is InChI=1S/C20H38N2.C2H4O2/c1-2-3-4-5-6-7-8-9-10-11-12-13-14-15-16-18-22-19-17-21-20-22;1-2(3)4/h16,18,20H,2-15,17,19H2,1H3;1H3,(H,3,4). The van der Waals surface area contributed by atoms with Crippen molar-refractivity contribution in [2.24, 2.45) is 4.99 Å². The van der Waals surface area contributed by atoms with Crippen molar-refractivity contribution in [1.29, 1.82) is 0 Å². The molecule has 26 heavy (non-hydrogen) atoms. The van der Waals surface area contributed by atoms with Gasteiger partial charge in [0, 0.05) is 19.7 Å². The van der Waals surface area contributed by atoms with E-state index >= 15 is 0 Å². The van der Waals surface area contributed by atoms with Crippen LogP contribution < -0.4 is 0 Å². The molecule has 0 atom stereocenters. The van der Waals surface area contributed by atoms with E-state index in [-0.39, 0.29) is 0 Å². The first kappa shape index (κ1) is 24.7. The van der Waals surface area contributed by atoms with Crippen LogP contribution in [0, 0.1) is 0 Å². The minimum atomic E-state index is -0.833. The van der Waals surface area contributed by atoms with E-state index in [0.29, 0.717) is 0 Å². The highest BCUT2D eigenvalue weighted by atomic mass is 16.4. The molecule has 1 heterocycles. The second-order valence-electron chi connectivity index (χ2n) is 7.19. The van der Waals surface area contributed by atoms with Crippen molar-refractivity contribution in [2.75, 3.05) is 13.1 Å². The molecule has 1 aliphatic rings. The van der Waals surface area contributed by atoms with Crippen LogP contribution in [0.1, 0.15) is 104 Å². The Balaban J connectivity index is 0.00000141. The number of rotatable bonds is 15. The third-order valence-corrected chi connectivity index (χ3v) is 4.49. The quantitative estimate of drug-likeness (QED) is 0.340. The zero-order valence-corrected chi connectivity index (χ0v) is 17.3. The first-order valence-corrected chi connectivity index (χ1v) is 10.8. The van der Waals surface area contributed by atoms with Crippen LogP contribution in [0.15, 0.2) is 17.3 Å². The number of carboxylic acid groups (broad SMARTS) is 1. The molecule has 0 unspecified atom stereocenters. The molecule has 152 valence electrons. The van der Waals surface area contributed by atoms with Gasteiger partial charge in [0.05, 0.1) is 12.9 Å². The number of allylic oxidation sites excluding steroid dienone is 1. The molecular formula is C22H42N2O2. The van der Waals surface area contributed by atoms with E-state index in [0.717, 1.165) is 20.0 Å². The number of aliphatic imine (C=N–C) groups is 1. The maximum Gasteiger partial charge on any atom is 0.300 e. The molecule has 1 aliphatic heterocycles. The monoisotopic (exact) mass is 366 g/mol. The van der Waals surface area contributed by atoms with Gasteiger partial charge in [0.15, 0.2) is 0 Å². The van der Waals surface area contributed by atoms with Gasteiger partial charge in [-0.3, -0.25) is 9.79 Å².